The van der Waals surface area contributed by atoms with Crippen LogP contribution in [0.5, 0.6) is 0 Å². The van der Waals surface area contributed by atoms with E-state index in [0.29, 0.717) is 12.5 Å². The summed E-state index contributed by atoms with van der Waals surface area (Å²) >= 11 is 0. The van der Waals surface area contributed by atoms with E-state index in [1.165, 1.54) is 18.4 Å². The van der Waals surface area contributed by atoms with Gasteiger partial charge < -0.3 is 10.2 Å². The Bertz CT molecular complexity index is 702. The lowest BCUT2D eigenvalue weighted by atomic mass is 9.95. The Hall–Kier alpha value is -2.43. The summed E-state index contributed by atoms with van der Waals surface area (Å²) < 4.78 is 0. The van der Waals surface area contributed by atoms with Gasteiger partial charge in [0.2, 0.25) is 11.9 Å². The van der Waals surface area contributed by atoms with Crippen molar-refractivity contribution in [2.24, 2.45) is 11.8 Å². The molecule has 2 heterocycles. The highest BCUT2D eigenvalue weighted by atomic mass is 16.2. The van der Waals surface area contributed by atoms with Crippen LogP contribution in [0.2, 0.25) is 0 Å². The quantitative estimate of drug-likeness (QED) is 0.912. The summed E-state index contributed by atoms with van der Waals surface area (Å²) in [5, 5.41) is 3.33. The number of hydrogen-bond donors (Lipinski definition) is 1. The Morgan fingerprint density at radius 3 is 2.56 bits per heavy atom. The Balaban J connectivity index is 1.43. The summed E-state index contributed by atoms with van der Waals surface area (Å²) in [7, 11) is 0. The molecule has 2 aromatic rings. The van der Waals surface area contributed by atoms with E-state index in [1.807, 2.05) is 24.3 Å². The average molecular weight is 336 g/mol. The van der Waals surface area contributed by atoms with E-state index in [2.05, 4.69) is 32.3 Å². The van der Waals surface area contributed by atoms with Crippen LogP contribution in [0.15, 0.2) is 48.8 Å². The van der Waals surface area contributed by atoms with Gasteiger partial charge in [0.1, 0.15) is 0 Å². The van der Waals surface area contributed by atoms with Gasteiger partial charge in [-0.2, -0.15) is 0 Å². The summed E-state index contributed by atoms with van der Waals surface area (Å²) in [5.74, 6) is 1.48. The fraction of sp³-hybridized carbons (Fsp3) is 0.450. The molecule has 5 nitrogen and oxygen atoms in total. The Labute approximate surface area is 148 Å². The number of aromatic nitrogens is 2. The summed E-state index contributed by atoms with van der Waals surface area (Å²) in [6.07, 6.45) is 7.84. The Morgan fingerprint density at radius 2 is 1.84 bits per heavy atom. The molecule has 0 bridgehead atoms. The van der Waals surface area contributed by atoms with Crippen molar-refractivity contribution in [3.63, 3.8) is 0 Å². The first-order valence-corrected chi connectivity index (χ1v) is 9.18. The van der Waals surface area contributed by atoms with E-state index in [-0.39, 0.29) is 17.9 Å². The van der Waals surface area contributed by atoms with Gasteiger partial charge in [0.15, 0.2) is 0 Å². The largest absolute Gasteiger partial charge is 0.349 e. The fourth-order valence-corrected chi connectivity index (χ4v) is 3.66. The maximum absolute atomic E-state index is 12.9. The average Bonchev–Trinajstić information content (AvgIpc) is 3.52. The van der Waals surface area contributed by atoms with Gasteiger partial charge in [-0.05, 0) is 43.2 Å². The molecule has 2 unspecified atom stereocenters. The highest BCUT2D eigenvalue weighted by molar-refractivity contribution is 5.80. The summed E-state index contributed by atoms with van der Waals surface area (Å²) in [5.41, 5.74) is 1.22. The van der Waals surface area contributed by atoms with E-state index >= 15 is 0 Å². The number of amides is 1. The smallest absolute Gasteiger partial charge is 0.225 e. The van der Waals surface area contributed by atoms with Crippen molar-refractivity contribution in [2.75, 3.05) is 18.0 Å². The topological polar surface area (TPSA) is 58.1 Å². The van der Waals surface area contributed by atoms with Crippen LogP contribution in [0.1, 0.15) is 37.3 Å². The maximum atomic E-state index is 12.9. The predicted octanol–water partition coefficient (Wildman–Crippen LogP) is 2.96. The first-order valence-electron chi connectivity index (χ1n) is 9.18. The van der Waals surface area contributed by atoms with Gasteiger partial charge in [0, 0.05) is 25.5 Å². The predicted molar refractivity (Wildman–Crippen MR) is 97.0 cm³/mol. The monoisotopic (exact) mass is 336 g/mol. The van der Waals surface area contributed by atoms with E-state index in [9.17, 15) is 4.79 Å². The minimum Gasteiger partial charge on any atom is -0.349 e. The fourth-order valence-electron chi connectivity index (χ4n) is 3.66. The molecule has 0 spiro atoms. The van der Waals surface area contributed by atoms with Gasteiger partial charge in [-0.15, -0.1) is 0 Å². The molecule has 1 aliphatic carbocycles. The second-order valence-electron chi connectivity index (χ2n) is 7.07. The molecule has 4 rings (SSSR count). The van der Waals surface area contributed by atoms with Crippen molar-refractivity contribution >= 4 is 11.9 Å². The number of hydrogen-bond acceptors (Lipinski definition) is 4. The molecule has 130 valence electrons. The number of carbonyl (C=O) groups excluding carboxylic acids is 1. The molecule has 1 aromatic heterocycles. The molecular formula is C20H24N4O. The summed E-state index contributed by atoms with van der Waals surface area (Å²) in [4.78, 5) is 23.7. The van der Waals surface area contributed by atoms with Crippen molar-refractivity contribution in [3.8, 4) is 0 Å². The van der Waals surface area contributed by atoms with Gasteiger partial charge in [-0.25, -0.2) is 9.97 Å². The highest BCUT2D eigenvalue weighted by Gasteiger charge is 2.35. The second-order valence-corrected chi connectivity index (χ2v) is 7.07. The number of carbonyl (C=O) groups is 1. The standard InChI is InChI=1S/C20H24N4O/c25-19(23-18(16-9-10-16)15-6-2-1-3-7-15)17-8-4-13-24(14-17)20-21-11-5-12-22-20/h1-3,5-7,11-12,16-18H,4,8-10,13-14H2,(H,23,25). The summed E-state index contributed by atoms with van der Waals surface area (Å²) in [6, 6.07) is 12.3. The number of benzene rings is 1. The van der Waals surface area contributed by atoms with Gasteiger partial charge in [-0.3, -0.25) is 4.79 Å². The van der Waals surface area contributed by atoms with Crippen LogP contribution in [0.25, 0.3) is 0 Å². The molecule has 1 saturated heterocycles. The third-order valence-corrected chi connectivity index (χ3v) is 5.18. The molecule has 1 amide bonds. The van der Waals surface area contributed by atoms with Crippen molar-refractivity contribution in [2.45, 2.75) is 31.7 Å². The zero-order valence-electron chi connectivity index (χ0n) is 14.3. The number of anilines is 1. The van der Waals surface area contributed by atoms with E-state index in [0.717, 1.165) is 25.3 Å². The molecule has 0 radical (unpaired) electrons. The number of nitrogens with zero attached hydrogens (tertiary/aromatic N) is 3. The molecule has 2 fully saturated rings. The van der Waals surface area contributed by atoms with Crippen LogP contribution in [-0.4, -0.2) is 29.0 Å². The number of nitrogens with one attached hydrogen (secondary N) is 1. The molecule has 2 aliphatic rings. The van der Waals surface area contributed by atoms with Gasteiger partial charge in [0.05, 0.1) is 12.0 Å². The molecule has 1 aromatic carbocycles. The van der Waals surface area contributed by atoms with Gasteiger partial charge >= 0.3 is 0 Å². The molecule has 5 heteroatoms. The minimum atomic E-state index is 0.00233. The SMILES string of the molecule is O=C(NC(c1ccccc1)C1CC1)C1CCCN(c2ncccn2)C1. The zero-order valence-corrected chi connectivity index (χ0v) is 14.3. The van der Waals surface area contributed by atoms with E-state index in [1.54, 1.807) is 12.4 Å². The molecular weight excluding hydrogens is 312 g/mol. The van der Waals surface area contributed by atoms with Crippen LogP contribution >= 0.6 is 0 Å². The van der Waals surface area contributed by atoms with Crippen molar-refractivity contribution in [1.82, 2.24) is 15.3 Å². The van der Waals surface area contributed by atoms with Crippen LogP contribution in [0.4, 0.5) is 5.95 Å². The second kappa shape index (κ2) is 7.21. The zero-order chi connectivity index (χ0) is 17.1. The lowest BCUT2D eigenvalue weighted by Crippen LogP contribution is -2.44. The first-order chi connectivity index (χ1) is 12.3. The van der Waals surface area contributed by atoms with Crippen molar-refractivity contribution < 1.29 is 4.79 Å². The number of rotatable bonds is 5. The van der Waals surface area contributed by atoms with E-state index in [4.69, 9.17) is 0 Å². The van der Waals surface area contributed by atoms with Crippen LogP contribution < -0.4 is 10.2 Å². The number of piperidine rings is 1. The van der Waals surface area contributed by atoms with Gasteiger partial charge in [0.25, 0.3) is 0 Å². The molecule has 1 aliphatic heterocycles. The third kappa shape index (κ3) is 3.81. The lowest BCUT2D eigenvalue weighted by Gasteiger charge is -2.33. The van der Waals surface area contributed by atoms with Gasteiger partial charge in [-0.1, -0.05) is 30.3 Å². The van der Waals surface area contributed by atoms with E-state index < -0.39 is 0 Å². The Morgan fingerprint density at radius 1 is 1.08 bits per heavy atom. The first kappa shape index (κ1) is 16.1. The highest BCUT2D eigenvalue weighted by Crippen LogP contribution is 2.41. The minimum absolute atomic E-state index is 0.00233. The Kier molecular flexibility index (Phi) is 4.63. The molecule has 1 N–H and O–H groups in total. The molecule has 2 atom stereocenters. The lowest BCUT2D eigenvalue weighted by molar-refractivity contribution is -0.126. The summed E-state index contributed by atoms with van der Waals surface area (Å²) in [6.45, 7) is 1.61. The molecule has 25 heavy (non-hydrogen) atoms. The van der Waals surface area contributed by atoms with Crippen LogP contribution in [0, 0.1) is 11.8 Å². The maximum Gasteiger partial charge on any atom is 0.225 e. The van der Waals surface area contributed by atoms with Crippen molar-refractivity contribution in [1.29, 1.82) is 0 Å². The van der Waals surface area contributed by atoms with Crippen LogP contribution in [-0.2, 0) is 4.79 Å². The van der Waals surface area contributed by atoms with Crippen LogP contribution in [0.3, 0.4) is 0 Å². The third-order valence-electron chi connectivity index (χ3n) is 5.18. The van der Waals surface area contributed by atoms with Crippen molar-refractivity contribution in [3.05, 3.63) is 54.4 Å². The normalized spacial score (nSPS) is 21.6. The molecule has 1 saturated carbocycles.